The van der Waals surface area contributed by atoms with E-state index in [1.807, 2.05) is 47.0 Å². The molecule has 2 heterocycles. The van der Waals surface area contributed by atoms with E-state index < -0.39 is 0 Å². The van der Waals surface area contributed by atoms with Crippen LogP contribution in [0.2, 0.25) is 0 Å². The van der Waals surface area contributed by atoms with Crippen molar-refractivity contribution in [1.82, 2.24) is 19.5 Å². The lowest BCUT2D eigenvalue weighted by molar-refractivity contribution is 0.0980. The molecule has 0 aliphatic heterocycles. The molecule has 152 valence electrons. The first kappa shape index (κ1) is 19.8. The third-order valence-electron chi connectivity index (χ3n) is 5.08. The molecule has 30 heavy (non-hydrogen) atoms. The van der Waals surface area contributed by atoms with E-state index in [1.54, 1.807) is 6.33 Å². The highest BCUT2D eigenvalue weighted by atomic mass is 16.1. The smallest absolute Gasteiger partial charge is 0.165 e. The highest BCUT2D eigenvalue weighted by Gasteiger charge is 2.15. The van der Waals surface area contributed by atoms with Crippen LogP contribution in [-0.4, -0.2) is 25.3 Å². The molecule has 0 saturated carbocycles. The lowest BCUT2D eigenvalue weighted by Crippen LogP contribution is -2.05. The van der Waals surface area contributed by atoms with E-state index in [4.69, 9.17) is 0 Å². The second-order valence-corrected chi connectivity index (χ2v) is 7.30. The highest BCUT2D eigenvalue weighted by molar-refractivity contribution is 6.02. The molecular formula is C24H25N5O. The Bertz CT molecular complexity index is 1140. The van der Waals surface area contributed by atoms with Crippen molar-refractivity contribution < 1.29 is 4.79 Å². The van der Waals surface area contributed by atoms with Gasteiger partial charge in [0.2, 0.25) is 0 Å². The van der Waals surface area contributed by atoms with E-state index >= 15 is 0 Å². The number of para-hydroxylation sites is 1. The third kappa shape index (κ3) is 4.38. The van der Waals surface area contributed by atoms with Gasteiger partial charge in [-0.2, -0.15) is 0 Å². The third-order valence-corrected chi connectivity index (χ3v) is 5.08. The molecule has 0 saturated heterocycles. The van der Waals surface area contributed by atoms with Crippen LogP contribution in [0.15, 0.2) is 67.3 Å². The number of anilines is 2. The Hall–Kier alpha value is -3.54. The summed E-state index contributed by atoms with van der Waals surface area (Å²) in [6, 6.07) is 17.8. The first-order valence-corrected chi connectivity index (χ1v) is 10.3. The zero-order valence-electron chi connectivity index (χ0n) is 17.1. The molecule has 0 fully saturated rings. The van der Waals surface area contributed by atoms with Gasteiger partial charge in [-0.05, 0) is 24.1 Å². The molecule has 4 rings (SSSR count). The average Bonchev–Trinajstić information content (AvgIpc) is 3.19. The number of nitrogens with one attached hydrogen (secondary N) is 1. The van der Waals surface area contributed by atoms with Gasteiger partial charge in [-0.1, -0.05) is 62.2 Å². The SMILES string of the molecule is CCCCCC(=O)c1ccccc1Nc1ncnc2c1ncn2Cc1ccccc1. The van der Waals surface area contributed by atoms with Gasteiger partial charge in [0.25, 0.3) is 0 Å². The lowest BCUT2D eigenvalue weighted by atomic mass is 10.0. The Morgan fingerprint density at radius 2 is 1.77 bits per heavy atom. The van der Waals surface area contributed by atoms with Crippen molar-refractivity contribution in [3.63, 3.8) is 0 Å². The number of Topliss-reactive ketones (excluding diaryl/α,β-unsaturated/α-hetero) is 1. The summed E-state index contributed by atoms with van der Waals surface area (Å²) >= 11 is 0. The van der Waals surface area contributed by atoms with E-state index in [9.17, 15) is 4.79 Å². The molecule has 0 spiro atoms. The summed E-state index contributed by atoms with van der Waals surface area (Å²) in [4.78, 5) is 26.1. The molecule has 4 aromatic rings. The Balaban J connectivity index is 1.60. The van der Waals surface area contributed by atoms with Crippen LogP contribution in [0.1, 0.15) is 48.5 Å². The van der Waals surface area contributed by atoms with E-state index in [0.717, 1.165) is 30.6 Å². The summed E-state index contributed by atoms with van der Waals surface area (Å²) in [7, 11) is 0. The second-order valence-electron chi connectivity index (χ2n) is 7.30. The molecule has 0 unspecified atom stereocenters. The largest absolute Gasteiger partial charge is 0.338 e. The van der Waals surface area contributed by atoms with Crippen molar-refractivity contribution in [2.75, 3.05) is 5.32 Å². The molecule has 0 atom stereocenters. The van der Waals surface area contributed by atoms with Crippen molar-refractivity contribution >= 4 is 28.5 Å². The Labute approximate surface area is 176 Å². The van der Waals surface area contributed by atoms with Gasteiger partial charge in [-0.15, -0.1) is 0 Å². The number of fused-ring (bicyclic) bond motifs is 1. The van der Waals surface area contributed by atoms with Gasteiger partial charge in [-0.25, -0.2) is 15.0 Å². The Kier molecular flexibility index (Phi) is 6.13. The van der Waals surface area contributed by atoms with Crippen LogP contribution in [0.25, 0.3) is 11.2 Å². The Morgan fingerprint density at radius 3 is 2.60 bits per heavy atom. The molecule has 0 radical (unpaired) electrons. The van der Waals surface area contributed by atoms with Gasteiger partial charge >= 0.3 is 0 Å². The highest BCUT2D eigenvalue weighted by Crippen LogP contribution is 2.26. The van der Waals surface area contributed by atoms with Crippen LogP contribution in [-0.2, 0) is 6.54 Å². The number of imidazole rings is 1. The van der Waals surface area contributed by atoms with Crippen LogP contribution in [0.5, 0.6) is 0 Å². The van der Waals surface area contributed by atoms with Gasteiger partial charge in [-0.3, -0.25) is 4.79 Å². The summed E-state index contributed by atoms with van der Waals surface area (Å²) in [5.74, 6) is 0.743. The molecule has 0 bridgehead atoms. The van der Waals surface area contributed by atoms with Gasteiger partial charge in [0.1, 0.15) is 6.33 Å². The number of aromatic nitrogens is 4. The quantitative estimate of drug-likeness (QED) is 0.302. The molecule has 0 aliphatic rings. The molecule has 1 N–H and O–H groups in total. The maximum absolute atomic E-state index is 12.7. The standard InChI is InChI=1S/C24H25N5O/c1-2-3-5-14-21(30)19-12-8-9-13-20(19)28-23-22-24(26-16-25-23)29(17-27-22)15-18-10-6-4-7-11-18/h4,6-13,16-17H,2-3,5,14-15H2,1H3,(H,25,26,28). The first-order chi connectivity index (χ1) is 14.8. The molecular weight excluding hydrogens is 374 g/mol. The molecule has 2 aromatic heterocycles. The maximum atomic E-state index is 12.7. The number of hydrogen-bond donors (Lipinski definition) is 1. The van der Waals surface area contributed by atoms with E-state index in [2.05, 4.69) is 39.3 Å². The first-order valence-electron chi connectivity index (χ1n) is 10.3. The molecule has 0 aliphatic carbocycles. The Morgan fingerprint density at radius 1 is 0.967 bits per heavy atom. The number of carbonyl (C=O) groups is 1. The van der Waals surface area contributed by atoms with Crippen molar-refractivity contribution in [3.05, 3.63) is 78.4 Å². The van der Waals surface area contributed by atoms with E-state index in [-0.39, 0.29) is 5.78 Å². The zero-order valence-corrected chi connectivity index (χ0v) is 17.1. The summed E-state index contributed by atoms with van der Waals surface area (Å²) in [6.07, 6.45) is 6.92. The minimum atomic E-state index is 0.145. The monoisotopic (exact) mass is 399 g/mol. The lowest BCUT2D eigenvalue weighted by Gasteiger charge is -2.11. The summed E-state index contributed by atoms with van der Waals surface area (Å²) in [5, 5.41) is 3.32. The van der Waals surface area contributed by atoms with E-state index in [0.29, 0.717) is 29.9 Å². The normalized spacial score (nSPS) is 11.0. The van der Waals surface area contributed by atoms with Crippen LogP contribution in [0, 0.1) is 0 Å². The van der Waals surface area contributed by atoms with Crippen LogP contribution in [0.3, 0.4) is 0 Å². The minimum Gasteiger partial charge on any atom is -0.338 e. The van der Waals surface area contributed by atoms with Gasteiger partial charge in [0.05, 0.1) is 18.6 Å². The number of nitrogens with zero attached hydrogens (tertiary/aromatic N) is 4. The van der Waals surface area contributed by atoms with Gasteiger partial charge in [0, 0.05) is 12.0 Å². The predicted molar refractivity (Wildman–Crippen MR) is 119 cm³/mol. The number of unbranched alkanes of at least 4 members (excludes halogenated alkanes) is 2. The van der Waals surface area contributed by atoms with Crippen LogP contribution in [0.4, 0.5) is 11.5 Å². The predicted octanol–water partition coefficient (Wildman–Crippen LogP) is 5.38. The molecule has 2 aromatic carbocycles. The van der Waals surface area contributed by atoms with Crippen molar-refractivity contribution in [2.45, 2.75) is 39.2 Å². The summed E-state index contributed by atoms with van der Waals surface area (Å²) in [6.45, 7) is 2.82. The minimum absolute atomic E-state index is 0.145. The van der Waals surface area contributed by atoms with Crippen LogP contribution < -0.4 is 5.32 Å². The second kappa shape index (κ2) is 9.31. The number of ketones is 1. The summed E-state index contributed by atoms with van der Waals surface area (Å²) < 4.78 is 2.00. The fourth-order valence-corrected chi connectivity index (χ4v) is 3.50. The summed E-state index contributed by atoms with van der Waals surface area (Å²) in [5.41, 5.74) is 4.04. The van der Waals surface area contributed by atoms with Gasteiger partial charge in [0.15, 0.2) is 22.8 Å². The number of carbonyl (C=O) groups excluding carboxylic acids is 1. The van der Waals surface area contributed by atoms with E-state index in [1.165, 1.54) is 11.9 Å². The van der Waals surface area contributed by atoms with Gasteiger partial charge < -0.3 is 9.88 Å². The molecule has 6 nitrogen and oxygen atoms in total. The van der Waals surface area contributed by atoms with Crippen molar-refractivity contribution in [2.24, 2.45) is 0 Å². The average molecular weight is 399 g/mol. The number of rotatable bonds is 9. The number of benzene rings is 2. The maximum Gasteiger partial charge on any atom is 0.165 e. The topological polar surface area (TPSA) is 72.7 Å². The fourth-order valence-electron chi connectivity index (χ4n) is 3.50. The molecule has 0 amide bonds. The van der Waals surface area contributed by atoms with Crippen LogP contribution >= 0.6 is 0 Å². The zero-order chi connectivity index (χ0) is 20.8. The molecule has 6 heteroatoms. The fraction of sp³-hybridized carbons (Fsp3) is 0.250. The van der Waals surface area contributed by atoms with Crippen molar-refractivity contribution in [1.29, 1.82) is 0 Å². The number of hydrogen-bond acceptors (Lipinski definition) is 5. The van der Waals surface area contributed by atoms with Crippen molar-refractivity contribution in [3.8, 4) is 0 Å².